The van der Waals surface area contributed by atoms with Crippen molar-refractivity contribution in [3.8, 4) is 0 Å². The van der Waals surface area contributed by atoms with Crippen molar-refractivity contribution >= 4 is 40.9 Å². The van der Waals surface area contributed by atoms with Crippen LogP contribution in [-0.2, 0) is 16.1 Å². The highest BCUT2D eigenvalue weighted by molar-refractivity contribution is 6.31. The fourth-order valence-electron chi connectivity index (χ4n) is 4.89. The Balaban J connectivity index is 1.53. The summed E-state index contributed by atoms with van der Waals surface area (Å²) in [4.78, 5) is 40.1. The zero-order chi connectivity index (χ0) is 21.0. The van der Waals surface area contributed by atoms with Crippen LogP contribution in [0.25, 0.3) is 0 Å². The third-order valence-electron chi connectivity index (χ3n) is 6.29. The van der Waals surface area contributed by atoms with Crippen molar-refractivity contribution in [3.05, 3.63) is 81.9 Å². The average Bonchev–Trinajstić information content (AvgIpc) is 3.42. The van der Waals surface area contributed by atoms with Gasteiger partial charge in [0, 0.05) is 15.6 Å². The molecule has 4 atom stereocenters. The number of amides is 3. The van der Waals surface area contributed by atoms with E-state index in [0.29, 0.717) is 21.2 Å². The molecule has 1 heterocycles. The minimum absolute atomic E-state index is 0.0147. The molecule has 152 valence electrons. The van der Waals surface area contributed by atoms with Crippen LogP contribution in [0.2, 0.25) is 10.0 Å². The fraction of sp³-hybridized carbons (Fsp3) is 0.261. The minimum Gasteiger partial charge on any atom is -0.272 e. The van der Waals surface area contributed by atoms with Gasteiger partial charge in [-0.05, 0) is 54.2 Å². The van der Waals surface area contributed by atoms with Gasteiger partial charge in [0.05, 0.1) is 18.4 Å². The molecule has 2 aromatic carbocycles. The maximum Gasteiger partial charge on any atom is 0.273 e. The van der Waals surface area contributed by atoms with Gasteiger partial charge in [0.15, 0.2) is 0 Å². The number of nitrogens with zero attached hydrogens (tertiary/aromatic N) is 2. The second-order valence-electron chi connectivity index (χ2n) is 7.95. The van der Waals surface area contributed by atoms with Crippen LogP contribution in [0.1, 0.15) is 22.3 Å². The van der Waals surface area contributed by atoms with E-state index in [0.717, 1.165) is 11.4 Å². The zero-order valence-corrected chi connectivity index (χ0v) is 17.4. The molecular weight excluding hydrogens is 423 g/mol. The molecule has 7 heteroatoms. The zero-order valence-electron chi connectivity index (χ0n) is 15.9. The summed E-state index contributed by atoms with van der Waals surface area (Å²) in [5.41, 5.74) is 0.991. The Morgan fingerprint density at radius 3 is 2.13 bits per heavy atom. The van der Waals surface area contributed by atoms with E-state index in [1.165, 1.54) is 5.01 Å². The molecule has 0 radical (unpaired) electrons. The number of hydrogen-bond donors (Lipinski definition) is 0. The summed E-state index contributed by atoms with van der Waals surface area (Å²) in [6, 6.07) is 13.5. The lowest BCUT2D eigenvalue weighted by Gasteiger charge is -2.31. The van der Waals surface area contributed by atoms with Gasteiger partial charge in [-0.25, -0.2) is 5.01 Å². The first-order valence-corrected chi connectivity index (χ1v) is 10.6. The van der Waals surface area contributed by atoms with E-state index >= 15 is 0 Å². The van der Waals surface area contributed by atoms with Crippen molar-refractivity contribution in [1.82, 2.24) is 10.0 Å². The highest BCUT2D eigenvalue weighted by Gasteiger charge is 2.61. The van der Waals surface area contributed by atoms with Crippen molar-refractivity contribution in [2.75, 3.05) is 0 Å². The lowest BCUT2D eigenvalue weighted by atomic mass is 9.85. The first-order valence-electron chi connectivity index (χ1n) is 9.82. The van der Waals surface area contributed by atoms with E-state index < -0.39 is 5.91 Å². The summed E-state index contributed by atoms with van der Waals surface area (Å²) in [6.45, 7) is 0.0147. The van der Waals surface area contributed by atoms with E-state index in [4.69, 9.17) is 23.2 Å². The molecule has 0 unspecified atom stereocenters. The molecule has 2 bridgehead atoms. The summed E-state index contributed by atoms with van der Waals surface area (Å²) in [7, 11) is 0. The Morgan fingerprint density at radius 2 is 1.53 bits per heavy atom. The van der Waals surface area contributed by atoms with Gasteiger partial charge < -0.3 is 0 Å². The van der Waals surface area contributed by atoms with Gasteiger partial charge in [-0.1, -0.05) is 53.6 Å². The number of fused-ring (bicyclic) bond motifs is 5. The number of carbonyl (C=O) groups excluding carboxylic acids is 3. The number of imide groups is 1. The Bertz CT molecular complexity index is 1050. The van der Waals surface area contributed by atoms with Gasteiger partial charge >= 0.3 is 0 Å². The monoisotopic (exact) mass is 440 g/mol. The number of halogens is 2. The third kappa shape index (κ3) is 2.96. The normalized spacial score (nSPS) is 26.4. The largest absolute Gasteiger partial charge is 0.273 e. The fourth-order valence-corrected chi connectivity index (χ4v) is 5.21. The van der Waals surface area contributed by atoms with Crippen LogP contribution in [0.3, 0.4) is 0 Å². The molecule has 0 aromatic heterocycles. The first kappa shape index (κ1) is 19.3. The lowest BCUT2D eigenvalue weighted by Crippen LogP contribution is -2.50. The summed E-state index contributed by atoms with van der Waals surface area (Å²) >= 11 is 12.3. The quantitative estimate of drug-likeness (QED) is 0.524. The molecule has 3 aliphatic rings. The highest BCUT2D eigenvalue weighted by Crippen LogP contribution is 2.53. The van der Waals surface area contributed by atoms with Crippen molar-refractivity contribution in [2.24, 2.45) is 23.7 Å². The van der Waals surface area contributed by atoms with Crippen molar-refractivity contribution in [3.63, 3.8) is 0 Å². The van der Waals surface area contributed by atoms with Crippen LogP contribution >= 0.6 is 23.2 Å². The van der Waals surface area contributed by atoms with E-state index in [9.17, 15) is 14.4 Å². The second kappa shape index (κ2) is 7.25. The van der Waals surface area contributed by atoms with Crippen molar-refractivity contribution in [1.29, 1.82) is 0 Å². The van der Waals surface area contributed by atoms with Crippen LogP contribution in [0.4, 0.5) is 0 Å². The molecular formula is C23H18Cl2N2O3. The molecule has 30 heavy (non-hydrogen) atoms. The molecule has 3 amide bonds. The van der Waals surface area contributed by atoms with E-state index in [1.807, 2.05) is 12.2 Å². The van der Waals surface area contributed by atoms with E-state index in [2.05, 4.69) is 0 Å². The molecule has 1 aliphatic heterocycles. The molecule has 2 aromatic rings. The van der Waals surface area contributed by atoms with Crippen molar-refractivity contribution in [2.45, 2.75) is 13.0 Å². The van der Waals surface area contributed by atoms with Gasteiger partial charge in [0.1, 0.15) is 0 Å². The molecule has 1 saturated carbocycles. The maximum atomic E-state index is 13.4. The summed E-state index contributed by atoms with van der Waals surface area (Å²) in [5.74, 6) is -1.72. The van der Waals surface area contributed by atoms with Crippen molar-refractivity contribution < 1.29 is 14.4 Å². The van der Waals surface area contributed by atoms with Crippen LogP contribution in [0, 0.1) is 23.7 Å². The Kier molecular flexibility index (Phi) is 4.68. The standard InChI is InChI=1S/C23H18Cl2N2O3/c24-17-9-7-13(8-10-17)21(28)26(12-16-3-1-2-4-18(16)25)27-22(29)19-14-5-6-15(11-14)20(19)23(27)30/h1-10,14-15,19-20H,11-12H2/t14-,15-,19+,20+/m0/s1. The summed E-state index contributed by atoms with van der Waals surface area (Å²) in [6.07, 6.45) is 4.89. The van der Waals surface area contributed by atoms with Gasteiger partial charge in [0.2, 0.25) is 0 Å². The SMILES string of the molecule is O=C(c1ccc(Cl)cc1)N(Cc1ccccc1Cl)N1C(=O)[C@H]2[C@H](C1=O)[C@H]1C=C[C@H]2C1. The maximum absolute atomic E-state index is 13.4. The van der Waals surface area contributed by atoms with Gasteiger partial charge in [-0.2, -0.15) is 5.01 Å². The number of carbonyl (C=O) groups is 3. The molecule has 2 aliphatic carbocycles. The predicted molar refractivity (Wildman–Crippen MR) is 112 cm³/mol. The number of benzene rings is 2. The smallest absolute Gasteiger partial charge is 0.272 e. The molecule has 0 spiro atoms. The Hall–Kier alpha value is -2.63. The molecule has 5 nitrogen and oxygen atoms in total. The number of allylic oxidation sites excluding steroid dienone is 2. The van der Waals surface area contributed by atoms with Gasteiger partial charge in [0.25, 0.3) is 17.7 Å². The van der Waals surface area contributed by atoms with Gasteiger partial charge in [-0.15, -0.1) is 0 Å². The average molecular weight is 441 g/mol. The van der Waals surface area contributed by atoms with Crippen LogP contribution in [0.5, 0.6) is 0 Å². The van der Waals surface area contributed by atoms with E-state index in [1.54, 1.807) is 48.5 Å². The molecule has 0 N–H and O–H groups in total. The van der Waals surface area contributed by atoms with Crippen LogP contribution in [-0.4, -0.2) is 27.7 Å². The Morgan fingerprint density at radius 1 is 0.933 bits per heavy atom. The van der Waals surface area contributed by atoms with E-state index in [-0.39, 0.29) is 42.0 Å². The molecule has 1 saturated heterocycles. The number of hydrogen-bond acceptors (Lipinski definition) is 3. The highest BCUT2D eigenvalue weighted by atomic mass is 35.5. The third-order valence-corrected chi connectivity index (χ3v) is 6.91. The van der Waals surface area contributed by atoms with Crippen LogP contribution in [0.15, 0.2) is 60.7 Å². The second-order valence-corrected chi connectivity index (χ2v) is 8.79. The topological polar surface area (TPSA) is 57.7 Å². The summed E-state index contributed by atoms with van der Waals surface area (Å²) in [5, 5.41) is 3.25. The summed E-state index contributed by atoms with van der Waals surface area (Å²) < 4.78 is 0. The number of rotatable bonds is 4. The van der Waals surface area contributed by atoms with Crippen LogP contribution < -0.4 is 0 Å². The minimum atomic E-state index is -0.450. The molecule has 2 fully saturated rings. The number of hydrazine groups is 1. The first-order chi connectivity index (χ1) is 14.5. The van der Waals surface area contributed by atoms with Gasteiger partial charge in [-0.3, -0.25) is 14.4 Å². The predicted octanol–water partition coefficient (Wildman–Crippen LogP) is 4.36. The lowest BCUT2D eigenvalue weighted by molar-refractivity contribution is -0.156. The molecule has 5 rings (SSSR count). The Labute approximate surface area is 183 Å².